The normalized spacial score (nSPS) is 49.8. The van der Waals surface area contributed by atoms with Gasteiger partial charge in [-0.05, 0) is 87.2 Å². The number of carbonyl (C=O) groups excluding carboxylic acids is 1. The van der Waals surface area contributed by atoms with Crippen LogP contribution >= 0.6 is 0 Å². The van der Waals surface area contributed by atoms with Crippen molar-refractivity contribution in [2.45, 2.75) is 77.2 Å². The quantitative estimate of drug-likeness (QED) is 0.723. The Morgan fingerprint density at radius 2 is 2.00 bits per heavy atom. The van der Waals surface area contributed by atoms with Crippen molar-refractivity contribution in [2.24, 2.45) is 40.2 Å². The lowest BCUT2D eigenvalue weighted by atomic mass is 9.42. The van der Waals surface area contributed by atoms with Crippen molar-refractivity contribution in [3.05, 3.63) is 24.3 Å². The zero-order valence-corrected chi connectivity index (χ0v) is 17.2. The van der Waals surface area contributed by atoms with Gasteiger partial charge in [-0.15, -0.1) is 0 Å². The molecule has 4 aliphatic rings. The van der Waals surface area contributed by atoms with Gasteiger partial charge >= 0.3 is 0 Å². The molecule has 4 saturated carbocycles. The second-order valence-electron chi connectivity index (χ2n) is 10.4. The monoisotopic (exact) mass is 371 g/mol. The van der Waals surface area contributed by atoms with Crippen LogP contribution in [0.3, 0.4) is 0 Å². The average Bonchev–Trinajstić information content (AvgIpc) is 2.93. The van der Waals surface area contributed by atoms with E-state index < -0.39 is 5.60 Å². The Morgan fingerprint density at radius 1 is 1.22 bits per heavy atom. The Hall–Kier alpha value is -0.930. The smallest absolute Gasteiger partial charge is 0.139 e. The van der Waals surface area contributed by atoms with Gasteiger partial charge in [0.05, 0.1) is 5.60 Å². The van der Waals surface area contributed by atoms with Crippen molar-refractivity contribution in [3.63, 3.8) is 0 Å². The zero-order chi connectivity index (χ0) is 19.4. The minimum Gasteiger partial charge on any atom is -0.385 e. The number of carbonyl (C=O) groups is 1. The van der Waals surface area contributed by atoms with Gasteiger partial charge < -0.3 is 10.8 Å². The van der Waals surface area contributed by atoms with E-state index in [4.69, 9.17) is 5.73 Å². The summed E-state index contributed by atoms with van der Waals surface area (Å²) in [5.41, 5.74) is 5.67. The van der Waals surface area contributed by atoms with Crippen LogP contribution in [0.2, 0.25) is 0 Å². The van der Waals surface area contributed by atoms with E-state index in [1.165, 1.54) is 0 Å². The highest BCUT2D eigenvalue weighted by Crippen LogP contribution is 2.68. The summed E-state index contributed by atoms with van der Waals surface area (Å²) in [7, 11) is 0. The van der Waals surface area contributed by atoms with Gasteiger partial charge in [0.15, 0.2) is 0 Å². The van der Waals surface area contributed by atoms with E-state index in [1.54, 1.807) is 0 Å². The van der Waals surface area contributed by atoms with Crippen LogP contribution in [0.4, 0.5) is 0 Å². The van der Waals surface area contributed by atoms with Gasteiger partial charge in [-0.1, -0.05) is 32.6 Å². The molecule has 150 valence electrons. The molecular formula is C24H37NO2. The van der Waals surface area contributed by atoms with Crippen molar-refractivity contribution >= 4 is 5.78 Å². The first kappa shape index (κ1) is 19.4. The summed E-state index contributed by atoms with van der Waals surface area (Å²) >= 11 is 0. The lowest BCUT2D eigenvalue weighted by Crippen LogP contribution is -2.63. The van der Waals surface area contributed by atoms with Gasteiger partial charge in [-0.25, -0.2) is 0 Å². The van der Waals surface area contributed by atoms with Crippen LogP contribution in [0.1, 0.15) is 71.6 Å². The van der Waals surface area contributed by atoms with Crippen LogP contribution in [-0.2, 0) is 4.79 Å². The first-order valence-electron chi connectivity index (χ1n) is 11.1. The third kappa shape index (κ3) is 2.64. The molecule has 3 heteroatoms. The Morgan fingerprint density at radius 3 is 2.74 bits per heavy atom. The van der Waals surface area contributed by atoms with E-state index in [9.17, 15) is 9.90 Å². The number of allylic oxidation sites excluding steroid dienone is 1. The number of nitrogens with two attached hydrogens (primary N) is 1. The molecule has 4 fully saturated rings. The molecule has 0 radical (unpaired) electrons. The van der Waals surface area contributed by atoms with E-state index in [0.717, 1.165) is 63.4 Å². The molecule has 0 saturated heterocycles. The maximum Gasteiger partial charge on any atom is 0.139 e. The minimum absolute atomic E-state index is 0.0990. The van der Waals surface area contributed by atoms with Crippen LogP contribution in [0.5, 0.6) is 0 Å². The molecule has 4 rings (SSSR count). The van der Waals surface area contributed by atoms with Gasteiger partial charge in [0.25, 0.3) is 0 Å². The lowest BCUT2D eigenvalue weighted by Gasteiger charge is -2.64. The molecule has 0 aliphatic heterocycles. The fourth-order valence-corrected chi connectivity index (χ4v) is 7.58. The standard InChI is InChI=1S/C24H37NO2/c1-16-14-18-19-7-8-21(26)22(19,2)11-10-20(18)23(3)12-9-17(6-4-5-13-25)15-24(16,23)27/h4,6,17-20,27H,1,5,7-15,25H2,2-3H3/b6-4-/t17-,18+,19+,20+,22+,23-,24+/m1/s1. The minimum atomic E-state index is -0.763. The van der Waals surface area contributed by atoms with E-state index in [1.807, 2.05) is 0 Å². The summed E-state index contributed by atoms with van der Waals surface area (Å²) in [6.07, 6.45) is 13.2. The highest BCUT2D eigenvalue weighted by molar-refractivity contribution is 5.87. The van der Waals surface area contributed by atoms with Crippen molar-refractivity contribution in [2.75, 3.05) is 6.54 Å². The number of hydrogen-bond acceptors (Lipinski definition) is 3. The molecular weight excluding hydrogens is 334 g/mol. The number of aliphatic hydroxyl groups is 1. The largest absolute Gasteiger partial charge is 0.385 e. The summed E-state index contributed by atoms with van der Waals surface area (Å²) < 4.78 is 0. The Labute approximate surface area is 164 Å². The SMILES string of the molecule is C=C1C[C@H]2[C@@H]3CCC(=O)[C@@]3(C)CC[C@@H]2[C@@]2(C)CC[C@@H](/C=C\CCN)C[C@]12O. The fraction of sp³-hybridized carbons (Fsp3) is 0.792. The predicted octanol–water partition coefficient (Wildman–Crippen LogP) is 4.40. The molecule has 4 aliphatic carbocycles. The van der Waals surface area contributed by atoms with E-state index in [-0.39, 0.29) is 10.8 Å². The van der Waals surface area contributed by atoms with Crippen molar-refractivity contribution in [1.29, 1.82) is 0 Å². The van der Waals surface area contributed by atoms with Crippen molar-refractivity contribution in [3.8, 4) is 0 Å². The maximum absolute atomic E-state index is 12.6. The third-order valence-electron chi connectivity index (χ3n) is 9.31. The number of fused-ring (bicyclic) bond motifs is 5. The van der Waals surface area contributed by atoms with Gasteiger partial charge in [0, 0.05) is 17.3 Å². The molecule has 7 atom stereocenters. The molecule has 0 aromatic carbocycles. The molecule has 0 heterocycles. The number of hydrogen-bond donors (Lipinski definition) is 2. The molecule has 3 N–H and O–H groups in total. The molecule has 3 nitrogen and oxygen atoms in total. The summed E-state index contributed by atoms with van der Waals surface area (Å²) in [6, 6.07) is 0. The predicted molar refractivity (Wildman–Crippen MR) is 109 cm³/mol. The fourth-order valence-electron chi connectivity index (χ4n) is 7.58. The second kappa shape index (κ2) is 6.56. The van der Waals surface area contributed by atoms with Crippen molar-refractivity contribution in [1.82, 2.24) is 0 Å². The molecule has 0 spiro atoms. The van der Waals surface area contributed by atoms with Crippen LogP contribution in [-0.4, -0.2) is 23.0 Å². The number of ketones is 1. The Bertz CT molecular complexity index is 669. The van der Waals surface area contributed by atoms with Gasteiger partial charge in [0.2, 0.25) is 0 Å². The molecule has 0 aromatic rings. The second-order valence-corrected chi connectivity index (χ2v) is 10.4. The maximum atomic E-state index is 12.6. The molecule has 0 aromatic heterocycles. The summed E-state index contributed by atoms with van der Waals surface area (Å²) in [4.78, 5) is 12.6. The summed E-state index contributed by atoms with van der Waals surface area (Å²) in [5.74, 6) is 2.44. The van der Waals surface area contributed by atoms with Gasteiger partial charge in [-0.2, -0.15) is 0 Å². The highest BCUT2D eigenvalue weighted by Gasteiger charge is 2.65. The number of rotatable bonds is 3. The summed E-state index contributed by atoms with van der Waals surface area (Å²) in [5, 5.41) is 11.9. The lowest BCUT2D eigenvalue weighted by molar-refractivity contribution is -0.178. The van der Waals surface area contributed by atoms with Crippen LogP contribution in [0.25, 0.3) is 0 Å². The first-order valence-corrected chi connectivity index (χ1v) is 11.1. The highest BCUT2D eigenvalue weighted by atomic mass is 16.3. The summed E-state index contributed by atoms with van der Waals surface area (Å²) in [6.45, 7) is 9.64. The average molecular weight is 372 g/mol. The third-order valence-corrected chi connectivity index (χ3v) is 9.31. The van der Waals surface area contributed by atoms with E-state index in [0.29, 0.717) is 36.0 Å². The van der Waals surface area contributed by atoms with Crippen molar-refractivity contribution < 1.29 is 9.90 Å². The molecule has 0 unspecified atom stereocenters. The van der Waals surface area contributed by atoms with Gasteiger partial charge in [0.1, 0.15) is 5.78 Å². The molecule has 27 heavy (non-hydrogen) atoms. The molecule has 0 amide bonds. The van der Waals surface area contributed by atoms with E-state index >= 15 is 0 Å². The number of Topliss-reactive ketones (excluding diaryl/α,β-unsaturated/α-hetero) is 1. The first-order chi connectivity index (χ1) is 12.8. The van der Waals surface area contributed by atoms with Crippen LogP contribution in [0, 0.1) is 34.5 Å². The Kier molecular flexibility index (Phi) is 4.71. The van der Waals surface area contributed by atoms with Crippen LogP contribution < -0.4 is 5.73 Å². The zero-order valence-electron chi connectivity index (χ0n) is 17.2. The topological polar surface area (TPSA) is 63.3 Å². The van der Waals surface area contributed by atoms with Gasteiger partial charge in [-0.3, -0.25) is 4.79 Å². The van der Waals surface area contributed by atoms with Crippen LogP contribution in [0.15, 0.2) is 24.3 Å². The molecule has 0 bridgehead atoms. The Balaban J connectivity index is 1.62. The van der Waals surface area contributed by atoms with E-state index in [2.05, 4.69) is 32.6 Å².